The Morgan fingerprint density at radius 1 is 1.12 bits per heavy atom. The van der Waals surface area contributed by atoms with E-state index in [1.165, 1.54) is 28.0 Å². The van der Waals surface area contributed by atoms with Crippen LogP contribution in [0, 0.1) is 9.39 Å². The number of nitrogens with zero attached hydrogens (tertiary/aromatic N) is 2. The first-order chi connectivity index (χ1) is 19.8. The number of carbonyl (C=O) groups excluding carboxylic acids is 1. The number of ether oxygens (including phenoxy) is 3. The largest absolute Gasteiger partial charge is 0.496 e. The number of hydrogen-bond acceptors (Lipinski definition) is 7. The van der Waals surface area contributed by atoms with Crippen molar-refractivity contribution in [2.45, 2.75) is 26.5 Å². The van der Waals surface area contributed by atoms with E-state index in [1.807, 2.05) is 42.5 Å². The summed E-state index contributed by atoms with van der Waals surface area (Å²) in [7, 11) is 1.60. The molecule has 0 radical (unpaired) electrons. The van der Waals surface area contributed by atoms with Crippen molar-refractivity contribution in [3.63, 3.8) is 0 Å². The highest BCUT2D eigenvalue weighted by Gasteiger charge is 2.33. The van der Waals surface area contributed by atoms with Crippen LogP contribution in [0.1, 0.15) is 36.6 Å². The van der Waals surface area contributed by atoms with Crippen molar-refractivity contribution < 1.29 is 23.4 Å². The van der Waals surface area contributed by atoms with E-state index in [9.17, 15) is 14.0 Å². The third kappa shape index (κ3) is 6.13. The Labute approximate surface area is 253 Å². The zero-order valence-corrected chi connectivity index (χ0v) is 25.5. The van der Waals surface area contributed by atoms with Crippen molar-refractivity contribution in [3.05, 3.63) is 124 Å². The second-order valence-electron chi connectivity index (χ2n) is 9.17. The first-order valence-corrected chi connectivity index (χ1v) is 14.7. The molecule has 1 unspecified atom stereocenters. The molecule has 10 heteroatoms. The van der Waals surface area contributed by atoms with Gasteiger partial charge in [0.15, 0.2) is 4.80 Å². The number of fused-ring (bicyclic) bond motifs is 1. The van der Waals surface area contributed by atoms with Gasteiger partial charge in [0.05, 0.1) is 35.6 Å². The summed E-state index contributed by atoms with van der Waals surface area (Å²) in [6.45, 7) is 3.87. The van der Waals surface area contributed by atoms with Crippen molar-refractivity contribution in [1.82, 2.24) is 4.57 Å². The molecule has 2 heterocycles. The molecule has 0 saturated heterocycles. The normalized spacial score (nSPS) is 14.9. The van der Waals surface area contributed by atoms with Crippen LogP contribution in [-0.2, 0) is 16.1 Å². The van der Waals surface area contributed by atoms with Gasteiger partial charge < -0.3 is 14.2 Å². The molecule has 41 heavy (non-hydrogen) atoms. The van der Waals surface area contributed by atoms with E-state index in [0.29, 0.717) is 26.3 Å². The van der Waals surface area contributed by atoms with Crippen LogP contribution < -0.4 is 24.4 Å². The highest BCUT2D eigenvalue weighted by atomic mass is 127. The van der Waals surface area contributed by atoms with Gasteiger partial charge >= 0.3 is 5.97 Å². The molecule has 0 fully saturated rings. The summed E-state index contributed by atoms with van der Waals surface area (Å²) < 4.78 is 33.6. The van der Waals surface area contributed by atoms with Crippen molar-refractivity contribution in [1.29, 1.82) is 0 Å². The van der Waals surface area contributed by atoms with Gasteiger partial charge in [0.2, 0.25) is 0 Å². The Balaban J connectivity index is 1.57. The number of rotatable bonds is 8. The van der Waals surface area contributed by atoms with Crippen molar-refractivity contribution >= 4 is 46.0 Å². The van der Waals surface area contributed by atoms with Crippen molar-refractivity contribution in [2.75, 3.05) is 13.7 Å². The molecule has 5 rings (SSSR count). The molecule has 0 N–H and O–H groups in total. The molecule has 4 aromatic rings. The lowest BCUT2D eigenvalue weighted by molar-refractivity contribution is -0.139. The van der Waals surface area contributed by atoms with E-state index in [0.717, 1.165) is 20.4 Å². The predicted molar refractivity (Wildman–Crippen MR) is 163 cm³/mol. The molecular weight excluding hydrogens is 658 g/mol. The summed E-state index contributed by atoms with van der Waals surface area (Å²) in [5, 5.41) is 0. The molecule has 1 aliphatic heterocycles. The van der Waals surface area contributed by atoms with Crippen LogP contribution in [0.15, 0.2) is 87.8 Å². The van der Waals surface area contributed by atoms with Crippen LogP contribution in [0.4, 0.5) is 4.39 Å². The van der Waals surface area contributed by atoms with Gasteiger partial charge in [-0.1, -0.05) is 29.5 Å². The van der Waals surface area contributed by atoms with Gasteiger partial charge in [-0.15, -0.1) is 0 Å². The zero-order chi connectivity index (χ0) is 29.1. The molecule has 1 atom stereocenters. The standard InChI is InChI=1S/C31H26FIN2O5S/c1-4-39-30(37)27-18(2)34-31-35(28(27)20-6-8-22(32)9-7-20)29(36)26(41-31)16-19-5-14-25(38-3)21(15-19)17-40-24-12-10-23(33)11-13-24/h5-16,28H,4,17H2,1-3H3/b26-16+. The Morgan fingerprint density at radius 2 is 1.85 bits per heavy atom. The van der Waals surface area contributed by atoms with Gasteiger partial charge in [-0.2, -0.15) is 0 Å². The van der Waals surface area contributed by atoms with Crippen LogP contribution in [0.5, 0.6) is 11.5 Å². The molecule has 1 aliphatic rings. The summed E-state index contributed by atoms with van der Waals surface area (Å²) in [6, 6.07) is 18.3. The SMILES string of the molecule is CCOC(=O)C1=C(C)N=c2s/c(=C/c3ccc(OC)c(COc4ccc(I)cc4)c3)c(=O)n2C1c1ccc(F)cc1. The minimum Gasteiger partial charge on any atom is -0.496 e. The Kier molecular flexibility index (Phi) is 8.69. The van der Waals surface area contributed by atoms with Crippen LogP contribution >= 0.6 is 33.9 Å². The lowest BCUT2D eigenvalue weighted by Crippen LogP contribution is -2.39. The number of thiazole rings is 1. The number of esters is 1. The molecule has 0 aliphatic carbocycles. The Bertz CT molecular complexity index is 1810. The number of methoxy groups -OCH3 is 1. The molecule has 0 saturated carbocycles. The molecule has 0 bridgehead atoms. The van der Waals surface area contributed by atoms with Gasteiger partial charge in [0.1, 0.15) is 23.9 Å². The van der Waals surface area contributed by atoms with Crippen LogP contribution in [0.2, 0.25) is 0 Å². The number of aromatic nitrogens is 1. The summed E-state index contributed by atoms with van der Waals surface area (Å²) in [4.78, 5) is 31.9. The highest BCUT2D eigenvalue weighted by molar-refractivity contribution is 14.1. The number of hydrogen-bond donors (Lipinski definition) is 0. The lowest BCUT2D eigenvalue weighted by Gasteiger charge is -2.24. The molecule has 0 spiro atoms. The topological polar surface area (TPSA) is 79.1 Å². The van der Waals surface area contributed by atoms with Crippen LogP contribution in [-0.4, -0.2) is 24.3 Å². The number of halogens is 2. The molecule has 0 amide bonds. The quantitative estimate of drug-likeness (QED) is 0.190. The van der Waals surface area contributed by atoms with Gasteiger partial charge in [-0.05, 0) is 102 Å². The highest BCUT2D eigenvalue weighted by Crippen LogP contribution is 2.31. The molecule has 3 aromatic carbocycles. The average molecular weight is 685 g/mol. The van der Waals surface area contributed by atoms with Gasteiger partial charge in [-0.25, -0.2) is 14.2 Å². The predicted octanol–water partition coefficient (Wildman–Crippen LogP) is 5.13. The molecule has 7 nitrogen and oxygen atoms in total. The second kappa shape index (κ2) is 12.4. The second-order valence-corrected chi connectivity index (χ2v) is 11.4. The van der Waals surface area contributed by atoms with Gasteiger partial charge in [0, 0.05) is 9.13 Å². The maximum Gasteiger partial charge on any atom is 0.338 e. The maximum atomic E-state index is 13.8. The smallest absolute Gasteiger partial charge is 0.338 e. The van der Waals surface area contributed by atoms with Crippen LogP contribution in [0.25, 0.3) is 6.08 Å². The fraction of sp³-hybridized carbons (Fsp3) is 0.194. The van der Waals surface area contributed by atoms with E-state index >= 15 is 0 Å². The Hall–Kier alpha value is -3.77. The van der Waals surface area contributed by atoms with Crippen molar-refractivity contribution in [3.8, 4) is 11.5 Å². The van der Waals surface area contributed by atoms with Crippen LogP contribution in [0.3, 0.4) is 0 Å². The third-order valence-corrected chi connectivity index (χ3v) is 8.22. The third-order valence-electron chi connectivity index (χ3n) is 6.51. The molecule has 210 valence electrons. The molecule has 1 aromatic heterocycles. The van der Waals surface area contributed by atoms with E-state index in [4.69, 9.17) is 14.2 Å². The van der Waals surface area contributed by atoms with E-state index in [2.05, 4.69) is 27.6 Å². The first-order valence-electron chi connectivity index (χ1n) is 12.8. The molecular formula is C31H26FIN2O5S. The first kappa shape index (κ1) is 28.7. The summed E-state index contributed by atoms with van der Waals surface area (Å²) >= 11 is 3.46. The summed E-state index contributed by atoms with van der Waals surface area (Å²) in [5.41, 5.74) is 2.55. The Morgan fingerprint density at radius 3 is 2.54 bits per heavy atom. The monoisotopic (exact) mass is 684 g/mol. The minimum atomic E-state index is -0.804. The fourth-order valence-corrected chi connectivity index (χ4v) is 6.00. The lowest BCUT2D eigenvalue weighted by atomic mass is 9.96. The van der Waals surface area contributed by atoms with Gasteiger partial charge in [0.25, 0.3) is 5.56 Å². The van der Waals surface area contributed by atoms with Crippen molar-refractivity contribution in [2.24, 2.45) is 4.99 Å². The number of allylic oxidation sites excluding steroid dienone is 1. The maximum absolute atomic E-state index is 13.8. The number of benzene rings is 3. The van der Waals surface area contributed by atoms with E-state index in [1.54, 1.807) is 39.2 Å². The fourth-order valence-electron chi connectivity index (χ4n) is 4.60. The van der Waals surface area contributed by atoms with E-state index < -0.39 is 17.8 Å². The summed E-state index contributed by atoms with van der Waals surface area (Å²) in [6.07, 6.45) is 1.78. The zero-order valence-electron chi connectivity index (χ0n) is 22.5. The average Bonchev–Trinajstić information content (AvgIpc) is 3.26. The van der Waals surface area contributed by atoms with Gasteiger partial charge in [-0.3, -0.25) is 9.36 Å². The summed E-state index contributed by atoms with van der Waals surface area (Å²) in [5.74, 6) is 0.422. The number of carbonyl (C=O) groups is 1. The van der Waals surface area contributed by atoms with E-state index in [-0.39, 0.29) is 24.3 Å². The minimum absolute atomic E-state index is 0.170.